The number of anilines is 1. The maximum Gasteiger partial charge on any atom is 0.259 e. The van der Waals surface area contributed by atoms with Crippen LogP contribution < -0.4 is 5.32 Å². The van der Waals surface area contributed by atoms with E-state index in [0.29, 0.717) is 22.8 Å². The second kappa shape index (κ2) is 7.73. The Morgan fingerprint density at radius 3 is 2.64 bits per heavy atom. The number of nitrogens with one attached hydrogen (secondary N) is 1. The van der Waals surface area contributed by atoms with Gasteiger partial charge in [0.2, 0.25) is 0 Å². The van der Waals surface area contributed by atoms with Crippen LogP contribution in [0.5, 0.6) is 0 Å². The van der Waals surface area contributed by atoms with Gasteiger partial charge in [-0.15, -0.1) is 0 Å². The lowest BCUT2D eigenvalue weighted by Crippen LogP contribution is -2.15. The van der Waals surface area contributed by atoms with E-state index < -0.39 is 21.6 Å². The molecule has 0 saturated heterocycles. The summed E-state index contributed by atoms with van der Waals surface area (Å²) in [6.07, 6.45) is 2.88. The molecule has 0 aliphatic rings. The Balaban J connectivity index is 1.96. The number of aromatic nitrogens is 2. The molecule has 1 heterocycles. The lowest BCUT2D eigenvalue weighted by molar-refractivity contribution is 0.102. The molecule has 1 N–H and O–H groups in total. The summed E-state index contributed by atoms with van der Waals surface area (Å²) in [4.78, 5) is 12.6. The molecule has 0 radical (unpaired) electrons. The third-order valence-electron chi connectivity index (χ3n) is 4.12. The maximum absolute atomic E-state index is 14.1. The first-order valence-electron chi connectivity index (χ1n) is 8.34. The largest absolute Gasteiger partial charge is 0.319 e. The van der Waals surface area contributed by atoms with Crippen molar-refractivity contribution in [3.63, 3.8) is 0 Å². The number of sulfone groups is 1. The van der Waals surface area contributed by atoms with Crippen molar-refractivity contribution in [1.82, 2.24) is 9.78 Å². The van der Waals surface area contributed by atoms with Gasteiger partial charge in [0.15, 0.2) is 9.84 Å². The minimum absolute atomic E-state index is 0.0884. The molecule has 2 aromatic carbocycles. The fraction of sp³-hybridized carbons (Fsp3) is 0.158. The highest BCUT2D eigenvalue weighted by atomic mass is 35.5. The Kier molecular flexibility index (Phi) is 5.53. The number of carbonyl (C=O) groups excluding carboxylic acids is 1. The average Bonchev–Trinajstić information content (AvgIpc) is 3.06. The zero-order valence-corrected chi connectivity index (χ0v) is 16.7. The van der Waals surface area contributed by atoms with Gasteiger partial charge in [-0.2, -0.15) is 5.10 Å². The minimum Gasteiger partial charge on any atom is -0.319 e. The van der Waals surface area contributed by atoms with Crippen molar-refractivity contribution in [1.29, 1.82) is 0 Å². The molecule has 0 saturated carbocycles. The average molecular weight is 422 g/mol. The number of benzene rings is 2. The number of halogens is 2. The van der Waals surface area contributed by atoms with Gasteiger partial charge < -0.3 is 5.32 Å². The monoisotopic (exact) mass is 421 g/mol. The van der Waals surface area contributed by atoms with Crippen LogP contribution in [0.2, 0.25) is 5.02 Å². The van der Waals surface area contributed by atoms with Crippen LogP contribution in [-0.4, -0.2) is 30.4 Å². The van der Waals surface area contributed by atoms with E-state index in [2.05, 4.69) is 10.4 Å². The molecule has 0 unspecified atom stereocenters. The van der Waals surface area contributed by atoms with Crippen LogP contribution in [0.25, 0.3) is 5.69 Å². The van der Waals surface area contributed by atoms with Gasteiger partial charge in [-0.25, -0.2) is 17.5 Å². The molecule has 0 fully saturated rings. The van der Waals surface area contributed by atoms with E-state index in [9.17, 15) is 17.6 Å². The maximum atomic E-state index is 14.1. The SMILES string of the molecule is CCc1c(C(=O)Nc2cc(S(C)(=O)=O)ccc2F)cnn1-c1cccc(Cl)c1. The van der Waals surface area contributed by atoms with Gasteiger partial charge in [0.25, 0.3) is 5.91 Å². The van der Waals surface area contributed by atoms with E-state index in [0.717, 1.165) is 24.5 Å². The lowest BCUT2D eigenvalue weighted by atomic mass is 10.1. The van der Waals surface area contributed by atoms with Gasteiger partial charge in [0, 0.05) is 11.3 Å². The second-order valence-electron chi connectivity index (χ2n) is 6.12. The minimum atomic E-state index is -3.54. The highest BCUT2D eigenvalue weighted by molar-refractivity contribution is 7.90. The summed E-state index contributed by atoms with van der Waals surface area (Å²) >= 11 is 6.02. The summed E-state index contributed by atoms with van der Waals surface area (Å²) in [5, 5.41) is 7.21. The molecule has 3 rings (SSSR count). The number of hydrogen-bond acceptors (Lipinski definition) is 4. The van der Waals surface area contributed by atoms with Gasteiger partial charge in [0.05, 0.1) is 33.7 Å². The van der Waals surface area contributed by atoms with E-state index in [4.69, 9.17) is 11.6 Å². The van der Waals surface area contributed by atoms with Crippen LogP contribution in [0.3, 0.4) is 0 Å². The number of nitrogens with zero attached hydrogens (tertiary/aromatic N) is 2. The topological polar surface area (TPSA) is 81.1 Å². The number of rotatable bonds is 5. The Hall–Kier alpha value is -2.71. The first-order valence-corrected chi connectivity index (χ1v) is 10.6. The van der Waals surface area contributed by atoms with Crippen molar-refractivity contribution in [2.45, 2.75) is 18.2 Å². The summed E-state index contributed by atoms with van der Waals surface area (Å²) in [5.74, 6) is -1.32. The van der Waals surface area contributed by atoms with Crippen molar-refractivity contribution >= 4 is 33.0 Å². The molecule has 28 heavy (non-hydrogen) atoms. The summed E-state index contributed by atoms with van der Waals surface area (Å²) in [7, 11) is -3.54. The van der Waals surface area contributed by atoms with Crippen LogP contribution in [-0.2, 0) is 16.3 Å². The smallest absolute Gasteiger partial charge is 0.259 e. The summed E-state index contributed by atoms with van der Waals surface area (Å²) in [6.45, 7) is 1.86. The number of amides is 1. The van der Waals surface area contributed by atoms with Gasteiger partial charge in [-0.3, -0.25) is 4.79 Å². The zero-order valence-electron chi connectivity index (χ0n) is 15.1. The van der Waals surface area contributed by atoms with Crippen molar-refractivity contribution < 1.29 is 17.6 Å². The molecule has 0 bridgehead atoms. The fourth-order valence-electron chi connectivity index (χ4n) is 2.75. The fourth-order valence-corrected chi connectivity index (χ4v) is 3.59. The second-order valence-corrected chi connectivity index (χ2v) is 8.57. The molecule has 3 aromatic rings. The Labute approximate surface area is 166 Å². The third kappa shape index (κ3) is 4.07. The molecule has 0 aliphatic heterocycles. The normalized spacial score (nSPS) is 11.4. The molecule has 0 spiro atoms. The van der Waals surface area contributed by atoms with E-state index in [-0.39, 0.29) is 16.1 Å². The standard InChI is InChI=1S/C19H17ClFN3O3S/c1-3-18-15(11-22-24(18)13-6-4-5-12(20)9-13)19(25)23-17-10-14(28(2,26)27)7-8-16(17)21/h4-11H,3H2,1-2H3,(H,23,25). The van der Waals surface area contributed by atoms with E-state index in [1.165, 1.54) is 6.20 Å². The Morgan fingerprint density at radius 2 is 2.00 bits per heavy atom. The predicted octanol–water partition coefficient (Wildman–Crippen LogP) is 3.88. The quantitative estimate of drug-likeness (QED) is 0.634. The van der Waals surface area contributed by atoms with Crippen molar-refractivity contribution in [2.75, 3.05) is 11.6 Å². The van der Waals surface area contributed by atoms with Crippen LogP contribution in [0, 0.1) is 5.82 Å². The van der Waals surface area contributed by atoms with Crippen LogP contribution in [0.15, 0.2) is 53.6 Å². The molecule has 1 aromatic heterocycles. The summed E-state index contributed by atoms with van der Waals surface area (Å²) in [5.41, 5.74) is 1.34. The zero-order chi connectivity index (χ0) is 20.5. The third-order valence-corrected chi connectivity index (χ3v) is 5.46. The lowest BCUT2D eigenvalue weighted by Gasteiger charge is -2.10. The molecule has 9 heteroatoms. The molecule has 1 amide bonds. The molecular formula is C19H17ClFN3O3S. The first-order chi connectivity index (χ1) is 13.2. The Bertz CT molecular complexity index is 1160. The van der Waals surface area contributed by atoms with Crippen molar-refractivity contribution in [3.05, 3.63) is 70.8 Å². The van der Waals surface area contributed by atoms with Crippen molar-refractivity contribution in [2.24, 2.45) is 0 Å². The van der Waals surface area contributed by atoms with Crippen LogP contribution in [0.1, 0.15) is 23.0 Å². The van der Waals surface area contributed by atoms with E-state index >= 15 is 0 Å². The van der Waals surface area contributed by atoms with E-state index in [1.54, 1.807) is 28.9 Å². The molecule has 0 atom stereocenters. The highest BCUT2D eigenvalue weighted by Crippen LogP contribution is 2.23. The van der Waals surface area contributed by atoms with Crippen LogP contribution in [0.4, 0.5) is 10.1 Å². The molecule has 0 aliphatic carbocycles. The molecule has 146 valence electrons. The number of carbonyl (C=O) groups is 1. The van der Waals surface area contributed by atoms with Crippen LogP contribution >= 0.6 is 11.6 Å². The first kappa shape index (κ1) is 20.0. The number of hydrogen-bond donors (Lipinski definition) is 1. The van der Waals surface area contributed by atoms with Gasteiger partial charge in [0.1, 0.15) is 5.82 Å². The molecule has 6 nitrogen and oxygen atoms in total. The van der Waals surface area contributed by atoms with Crippen molar-refractivity contribution in [3.8, 4) is 5.69 Å². The van der Waals surface area contributed by atoms with Gasteiger partial charge in [-0.05, 0) is 42.8 Å². The van der Waals surface area contributed by atoms with E-state index in [1.807, 2.05) is 6.92 Å². The predicted molar refractivity (Wildman–Crippen MR) is 105 cm³/mol. The summed E-state index contributed by atoms with van der Waals surface area (Å²) in [6, 6.07) is 10.3. The van der Waals surface area contributed by atoms with Gasteiger partial charge >= 0.3 is 0 Å². The summed E-state index contributed by atoms with van der Waals surface area (Å²) < 4.78 is 39.0. The highest BCUT2D eigenvalue weighted by Gasteiger charge is 2.19. The van der Waals surface area contributed by atoms with Gasteiger partial charge in [-0.1, -0.05) is 24.6 Å². The Morgan fingerprint density at radius 1 is 1.25 bits per heavy atom. The molecular weight excluding hydrogens is 405 g/mol.